The third kappa shape index (κ3) is 2.95. The van der Waals surface area contributed by atoms with E-state index in [2.05, 4.69) is 9.89 Å². The molecule has 2 heterocycles. The zero-order chi connectivity index (χ0) is 16.4. The van der Waals surface area contributed by atoms with E-state index in [0.29, 0.717) is 12.2 Å². The molecule has 1 saturated heterocycles. The molecule has 0 aromatic heterocycles. The van der Waals surface area contributed by atoms with Gasteiger partial charge in [-0.2, -0.15) is 0 Å². The largest absolute Gasteiger partial charge is 0.497 e. The number of rotatable bonds is 4. The van der Waals surface area contributed by atoms with E-state index in [1.807, 2.05) is 38.1 Å². The fraction of sp³-hybridized carbons (Fsp3) is 0.412. The van der Waals surface area contributed by atoms with Gasteiger partial charge in [0.1, 0.15) is 5.75 Å². The number of thioether (sulfide) groups is 1. The van der Waals surface area contributed by atoms with Crippen molar-refractivity contribution in [3.8, 4) is 5.75 Å². The normalized spacial score (nSPS) is 20.2. The van der Waals surface area contributed by atoms with Crippen molar-refractivity contribution >= 4 is 22.9 Å². The number of carbonyl (C=O) groups excluding carboxylic acids is 1. The Morgan fingerprint density at radius 3 is 2.78 bits per heavy atom. The zero-order valence-electron chi connectivity index (χ0n) is 13.5. The molecule has 1 aromatic carbocycles. The molecule has 3 rings (SSSR count). The van der Waals surface area contributed by atoms with Crippen molar-refractivity contribution in [3.63, 3.8) is 0 Å². The number of methoxy groups -OCH3 is 1. The summed E-state index contributed by atoms with van der Waals surface area (Å²) in [5.74, 6) is 1.49. The van der Waals surface area contributed by atoms with Gasteiger partial charge in [0.25, 0.3) is 0 Å². The second-order valence-electron chi connectivity index (χ2n) is 5.33. The minimum atomic E-state index is -0.287. The Hall–Kier alpha value is -1.95. The summed E-state index contributed by atoms with van der Waals surface area (Å²) in [4.78, 5) is 19.3. The van der Waals surface area contributed by atoms with Gasteiger partial charge < -0.3 is 14.4 Å². The van der Waals surface area contributed by atoms with Crippen LogP contribution >= 0.6 is 11.8 Å². The molecule has 23 heavy (non-hydrogen) atoms. The summed E-state index contributed by atoms with van der Waals surface area (Å²) in [6, 6.07) is 7.69. The SMILES string of the molecule is CCOC(=O)C1=C(C)N=C2SCCN2C1c1ccc(OC)cc1. The van der Waals surface area contributed by atoms with Gasteiger partial charge >= 0.3 is 5.97 Å². The summed E-state index contributed by atoms with van der Waals surface area (Å²) in [5, 5.41) is 0.983. The first-order valence-corrected chi connectivity index (χ1v) is 8.64. The van der Waals surface area contributed by atoms with Gasteiger partial charge in [0, 0.05) is 12.3 Å². The molecule has 6 heteroatoms. The molecule has 2 aliphatic heterocycles. The predicted octanol–water partition coefficient (Wildman–Crippen LogP) is 2.99. The summed E-state index contributed by atoms with van der Waals surface area (Å²) in [5.41, 5.74) is 2.41. The van der Waals surface area contributed by atoms with E-state index in [9.17, 15) is 4.79 Å². The third-order valence-electron chi connectivity index (χ3n) is 3.97. The highest BCUT2D eigenvalue weighted by atomic mass is 32.2. The molecule has 0 saturated carbocycles. The van der Waals surface area contributed by atoms with Crippen molar-refractivity contribution in [3.05, 3.63) is 41.1 Å². The van der Waals surface area contributed by atoms with E-state index >= 15 is 0 Å². The molecule has 5 nitrogen and oxygen atoms in total. The first kappa shape index (κ1) is 15.9. The number of fused-ring (bicyclic) bond motifs is 1. The van der Waals surface area contributed by atoms with E-state index in [4.69, 9.17) is 9.47 Å². The van der Waals surface area contributed by atoms with Crippen molar-refractivity contribution in [2.45, 2.75) is 19.9 Å². The maximum atomic E-state index is 12.5. The molecule has 0 spiro atoms. The highest BCUT2D eigenvalue weighted by molar-refractivity contribution is 8.14. The highest BCUT2D eigenvalue weighted by Gasteiger charge is 2.38. The number of benzene rings is 1. The first-order valence-electron chi connectivity index (χ1n) is 7.65. The topological polar surface area (TPSA) is 51.1 Å². The number of ether oxygens (including phenoxy) is 2. The van der Waals surface area contributed by atoms with E-state index in [1.165, 1.54) is 0 Å². The maximum absolute atomic E-state index is 12.5. The van der Waals surface area contributed by atoms with E-state index in [1.54, 1.807) is 18.9 Å². The van der Waals surface area contributed by atoms with Crippen LogP contribution < -0.4 is 4.74 Å². The van der Waals surface area contributed by atoms with Crippen LogP contribution in [0.3, 0.4) is 0 Å². The lowest BCUT2D eigenvalue weighted by Crippen LogP contribution is -2.36. The van der Waals surface area contributed by atoms with Crippen LogP contribution in [0, 0.1) is 0 Å². The molecular weight excluding hydrogens is 312 g/mol. The van der Waals surface area contributed by atoms with Gasteiger partial charge in [0.15, 0.2) is 5.17 Å². The molecule has 1 unspecified atom stereocenters. The van der Waals surface area contributed by atoms with E-state index in [0.717, 1.165) is 34.5 Å². The van der Waals surface area contributed by atoms with Gasteiger partial charge in [-0.15, -0.1) is 0 Å². The Balaban J connectivity index is 2.04. The Kier molecular flexibility index (Phi) is 4.61. The summed E-state index contributed by atoms with van der Waals surface area (Å²) < 4.78 is 10.5. The van der Waals surface area contributed by atoms with Crippen LogP contribution in [0.5, 0.6) is 5.75 Å². The minimum absolute atomic E-state index is 0.151. The Labute approximate surface area is 140 Å². The Bertz CT molecular complexity index is 667. The average molecular weight is 332 g/mol. The summed E-state index contributed by atoms with van der Waals surface area (Å²) >= 11 is 1.73. The lowest BCUT2D eigenvalue weighted by atomic mass is 9.94. The van der Waals surface area contributed by atoms with Crippen molar-refractivity contribution in [2.24, 2.45) is 4.99 Å². The van der Waals surface area contributed by atoms with Crippen LogP contribution in [0.25, 0.3) is 0 Å². The molecule has 1 fully saturated rings. The molecule has 0 radical (unpaired) electrons. The van der Waals surface area contributed by atoms with Gasteiger partial charge in [-0.1, -0.05) is 23.9 Å². The number of hydrogen-bond acceptors (Lipinski definition) is 6. The number of aliphatic imine (C=N–C) groups is 1. The minimum Gasteiger partial charge on any atom is -0.497 e. The smallest absolute Gasteiger partial charge is 0.338 e. The van der Waals surface area contributed by atoms with Crippen molar-refractivity contribution in [1.82, 2.24) is 4.90 Å². The number of allylic oxidation sites excluding steroid dienone is 1. The predicted molar refractivity (Wildman–Crippen MR) is 91.7 cm³/mol. The second-order valence-corrected chi connectivity index (χ2v) is 6.39. The van der Waals surface area contributed by atoms with E-state index in [-0.39, 0.29) is 12.0 Å². The highest BCUT2D eigenvalue weighted by Crippen LogP contribution is 2.40. The molecule has 122 valence electrons. The lowest BCUT2D eigenvalue weighted by Gasteiger charge is -2.34. The summed E-state index contributed by atoms with van der Waals surface area (Å²) in [6.07, 6.45) is 0. The molecule has 0 amide bonds. The quantitative estimate of drug-likeness (QED) is 0.794. The van der Waals surface area contributed by atoms with Gasteiger partial charge in [0.2, 0.25) is 0 Å². The van der Waals surface area contributed by atoms with Gasteiger partial charge in [-0.3, -0.25) is 0 Å². The average Bonchev–Trinajstić information content (AvgIpc) is 3.01. The van der Waals surface area contributed by atoms with Crippen molar-refractivity contribution < 1.29 is 14.3 Å². The molecule has 2 aliphatic rings. The fourth-order valence-corrected chi connectivity index (χ4v) is 3.94. The summed E-state index contributed by atoms with van der Waals surface area (Å²) in [7, 11) is 1.64. The molecule has 0 aliphatic carbocycles. The van der Waals surface area contributed by atoms with Crippen LogP contribution in [-0.2, 0) is 9.53 Å². The van der Waals surface area contributed by atoms with Gasteiger partial charge in [0.05, 0.1) is 31.0 Å². The number of nitrogens with zero attached hydrogens (tertiary/aromatic N) is 2. The van der Waals surface area contributed by atoms with Gasteiger partial charge in [-0.25, -0.2) is 9.79 Å². The molecular formula is C17H20N2O3S. The second kappa shape index (κ2) is 6.66. The Morgan fingerprint density at radius 2 is 2.13 bits per heavy atom. The number of amidine groups is 1. The molecule has 0 N–H and O–H groups in total. The van der Waals surface area contributed by atoms with Crippen LogP contribution in [0.4, 0.5) is 0 Å². The molecule has 1 aromatic rings. The fourth-order valence-electron chi connectivity index (χ4n) is 2.91. The van der Waals surface area contributed by atoms with Crippen LogP contribution in [0.2, 0.25) is 0 Å². The van der Waals surface area contributed by atoms with Crippen LogP contribution in [0.1, 0.15) is 25.5 Å². The Morgan fingerprint density at radius 1 is 1.39 bits per heavy atom. The van der Waals surface area contributed by atoms with Crippen molar-refractivity contribution in [1.29, 1.82) is 0 Å². The monoisotopic (exact) mass is 332 g/mol. The number of hydrogen-bond donors (Lipinski definition) is 0. The molecule has 1 atom stereocenters. The lowest BCUT2D eigenvalue weighted by molar-refractivity contribution is -0.139. The van der Waals surface area contributed by atoms with Gasteiger partial charge in [-0.05, 0) is 31.5 Å². The van der Waals surface area contributed by atoms with E-state index < -0.39 is 0 Å². The first-order chi connectivity index (χ1) is 11.2. The standard InChI is InChI=1S/C17H20N2O3S/c1-4-22-16(20)14-11(2)18-17-19(9-10-23-17)15(14)12-5-7-13(21-3)8-6-12/h5-8,15H,4,9-10H2,1-3H3. The molecule has 0 bridgehead atoms. The zero-order valence-corrected chi connectivity index (χ0v) is 14.4. The van der Waals surface area contributed by atoms with Crippen LogP contribution in [-0.4, -0.2) is 42.1 Å². The maximum Gasteiger partial charge on any atom is 0.338 e. The third-order valence-corrected chi connectivity index (χ3v) is 4.94. The van der Waals surface area contributed by atoms with Crippen LogP contribution in [0.15, 0.2) is 40.5 Å². The number of esters is 1. The summed E-state index contributed by atoms with van der Waals surface area (Å²) in [6.45, 7) is 4.93. The van der Waals surface area contributed by atoms with Crippen molar-refractivity contribution in [2.75, 3.05) is 26.0 Å². The number of carbonyl (C=O) groups is 1.